The lowest BCUT2D eigenvalue weighted by molar-refractivity contribution is 0.0691. The van der Waals surface area contributed by atoms with E-state index in [9.17, 15) is 4.79 Å². The maximum Gasteiger partial charge on any atom is 0.358 e. The van der Waals surface area contributed by atoms with Crippen molar-refractivity contribution in [3.8, 4) is 0 Å². The van der Waals surface area contributed by atoms with Gasteiger partial charge in [-0.25, -0.2) is 14.8 Å². The lowest BCUT2D eigenvalue weighted by Gasteiger charge is -2.17. The van der Waals surface area contributed by atoms with Crippen LogP contribution in [0.2, 0.25) is 0 Å². The number of hydrogen-bond donors (Lipinski definition) is 2. The van der Waals surface area contributed by atoms with Crippen LogP contribution in [0, 0.1) is 0 Å². The molecule has 1 fully saturated rings. The Bertz CT molecular complexity index is 626. The Balaban J connectivity index is 1.76. The van der Waals surface area contributed by atoms with E-state index in [1.54, 1.807) is 12.4 Å². The zero-order chi connectivity index (χ0) is 14.0. The minimum absolute atomic E-state index is 0.0435. The number of anilines is 1. The van der Waals surface area contributed by atoms with Crippen molar-refractivity contribution in [1.29, 1.82) is 0 Å². The maximum absolute atomic E-state index is 11.1. The highest BCUT2D eigenvalue weighted by molar-refractivity contribution is 5.90. The molecule has 1 aliphatic rings. The second-order valence-electron chi connectivity index (χ2n) is 4.93. The molecule has 2 heterocycles. The van der Waals surface area contributed by atoms with Gasteiger partial charge in [0.1, 0.15) is 0 Å². The van der Waals surface area contributed by atoms with E-state index in [1.807, 2.05) is 12.1 Å². The van der Waals surface area contributed by atoms with Gasteiger partial charge in [0.25, 0.3) is 0 Å². The Morgan fingerprint density at radius 2 is 1.90 bits per heavy atom. The second kappa shape index (κ2) is 4.88. The number of nitrogens with one attached hydrogen (secondary N) is 1. The molecule has 20 heavy (non-hydrogen) atoms. The molecule has 2 aromatic rings. The Morgan fingerprint density at radius 3 is 2.55 bits per heavy atom. The highest BCUT2D eigenvalue weighted by Crippen LogP contribution is 2.47. The summed E-state index contributed by atoms with van der Waals surface area (Å²) in [7, 11) is 0. The van der Waals surface area contributed by atoms with Crippen molar-refractivity contribution in [2.24, 2.45) is 0 Å². The van der Waals surface area contributed by atoms with E-state index in [2.05, 4.69) is 20.3 Å². The molecule has 0 aliphatic heterocycles. The van der Waals surface area contributed by atoms with Gasteiger partial charge in [-0.2, -0.15) is 0 Å². The first-order valence-electron chi connectivity index (χ1n) is 6.40. The van der Waals surface area contributed by atoms with Crippen LogP contribution >= 0.6 is 0 Å². The zero-order valence-electron chi connectivity index (χ0n) is 10.8. The number of hydrogen-bond acceptors (Lipinski definition) is 5. The average molecular weight is 270 g/mol. The molecular weight excluding hydrogens is 256 g/mol. The molecule has 2 aromatic heterocycles. The summed E-state index contributed by atoms with van der Waals surface area (Å²) in [6, 6.07) is 4.01. The van der Waals surface area contributed by atoms with E-state index >= 15 is 0 Å². The van der Waals surface area contributed by atoms with Crippen LogP contribution in [0.4, 0.5) is 5.82 Å². The number of carbonyl (C=O) groups is 1. The number of aromatic carboxylic acids is 1. The van der Waals surface area contributed by atoms with Crippen LogP contribution in [0.5, 0.6) is 0 Å². The van der Waals surface area contributed by atoms with Crippen molar-refractivity contribution in [1.82, 2.24) is 15.0 Å². The molecule has 0 radical (unpaired) electrons. The van der Waals surface area contributed by atoms with Gasteiger partial charge in [0.05, 0.1) is 0 Å². The lowest BCUT2D eigenvalue weighted by atomic mass is 9.97. The van der Waals surface area contributed by atoms with E-state index in [-0.39, 0.29) is 11.1 Å². The van der Waals surface area contributed by atoms with E-state index < -0.39 is 5.97 Å². The fourth-order valence-electron chi connectivity index (χ4n) is 2.30. The summed E-state index contributed by atoms with van der Waals surface area (Å²) in [6.07, 6.45) is 8.57. The summed E-state index contributed by atoms with van der Waals surface area (Å²) in [5.41, 5.74) is 1.25. The van der Waals surface area contributed by atoms with Crippen LogP contribution in [-0.2, 0) is 5.41 Å². The van der Waals surface area contributed by atoms with Crippen LogP contribution < -0.4 is 5.32 Å². The topological polar surface area (TPSA) is 88.0 Å². The molecule has 6 heteroatoms. The van der Waals surface area contributed by atoms with E-state index in [4.69, 9.17) is 5.11 Å². The first kappa shape index (κ1) is 12.5. The highest BCUT2D eigenvalue weighted by Gasteiger charge is 2.44. The molecule has 1 aliphatic carbocycles. The molecule has 3 rings (SSSR count). The van der Waals surface area contributed by atoms with Crippen LogP contribution in [0.15, 0.2) is 36.9 Å². The van der Waals surface area contributed by atoms with Gasteiger partial charge < -0.3 is 10.4 Å². The molecule has 0 bridgehead atoms. The highest BCUT2D eigenvalue weighted by atomic mass is 16.4. The summed E-state index contributed by atoms with van der Waals surface area (Å²) in [5, 5.41) is 12.2. The molecular formula is C14H14N4O2. The van der Waals surface area contributed by atoms with Gasteiger partial charge >= 0.3 is 5.97 Å². The number of carboxylic acid groups (broad SMARTS) is 1. The quantitative estimate of drug-likeness (QED) is 0.860. The van der Waals surface area contributed by atoms with Gasteiger partial charge in [0.15, 0.2) is 11.5 Å². The third kappa shape index (κ3) is 2.32. The summed E-state index contributed by atoms with van der Waals surface area (Å²) in [6.45, 7) is 0.649. The fourth-order valence-corrected chi connectivity index (χ4v) is 2.30. The van der Waals surface area contributed by atoms with Crippen molar-refractivity contribution in [3.63, 3.8) is 0 Å². The predicted molar refractivity (Wildman–Crippen MR) is 72.6 cm³/mol. The Hall–Kier alpha value is -2.50. The summed E-state index contributed by atoms with van der Waals surface area (Å²) < 4.78 is 0. The molecule has 0 unspecified atom stereocenters. The minimum Gasteiger partial charge on any atom is -0.476 e. The predicted octanol–water partition coefficient (Wildman–Crippen LogP) is 1.71. The molecule has 6 nitrogen and oxygen atoms in total. The van der Waals surface area contributed by atoms with Gasteiger partial charge in [0.2, 0.25) is 0 Å². The Labute approximate surface area is 115 Å². The van der Waals surface area contributed by atoms with Crippen molar-refractivity contribution < 1.29 is 9.90 Å². The third-order valence-electron chi connectivity index (χ3n) is 3.64. The smallest absolute Gasteiger partial charge is 0.358 e. The van der Waals surface area contributed by atoms with Crippen LogP contribution in [-0.4, -0.2) is 32.6 Å². The molecule has 0 amide bonds. The van der Waals surface area contributed by atoms with Crippen molar-refractivity contribution in [2.75, 3.05) is 11.9 Å². The second-order valence-corrected chi connectivity index (χ2v) is 4.93. The Kier molecular flexibility index (Phi) is 3.06. The standard InChI is InChI=1S/C14H14N4O2/c19-13(20)11-12(17-8-7-16-11)18-9-14(3-4-14)10-1-5-15-6-2-10/h1-2,5-8H,3-4,9H2,(H,17,18)(H,19,20). The zero-order valence-corrected chi connectivity index (χ0v) is 10.8. The van der Waals surface area contributed by atoms with Gasteiger partial charge in [-0.3, -0.25) is 4.98 Å². The van der Waals surface area contributed by atoms with E-state index in [1.165, 1.54) is 18.0 Å². The first-order chi connectivity index (χ1) is 9.71. The van der Waals surface area contributed by atoms with Crippen LogP contribution in [0.3, 0.4) is 0 Å². The maximum atomic E-state index is 11.1. The molecule has 2 N–H and O–H groups in total. The van der Waals surface area contributed by atoms with Gasteiger partial charge in [-0.15, -0.1) is 0 Å². The molecule has 0 saturated heterocycles. The normalized spacial score (nSPS) is 15.6. The molecule has 0 atom stereocenters. The third-order valence-corrected chi connectivity index (χ3v) is 3.64. The fraction of sp³-hybridized carbons (Fsp3) is 0.286. The monoisotopic (exact) mass is 270 g/mol. The van der Waals surface area contributed by atoms with Crippen molar-refractivity contribution in [2.45, 2.75) is 18.3 Å². The van der Waals surface area contributed by atoms with Crippen molar-refractivity contribution >= 4 is 11.8 Å². The van der Waals surface area contributed by atoms with Gasteiger partial charge in [-0.05, 0) is 30.5 Å². The average Bonchev–Trinajstić information content (AvgIpc) is 3.27. The Morgan fingerprint density at radius 1 is 1.20 bits per heavy atom. The number of carboxylic acids is 1. The molecule has 102 valence electrons. The SMILES string of the molecule is O=C(O)c1nccnc1NCC1(c2ccncc2)CC1. The van der Waals surface area contributed by atoms with Gasteiger partial charge in [0, 0.05) is 36.7 Å². The summed E-state index contributed by atoms with van der Waals surface area (Å²) in [4.78, 5) is 23.0. The van der Waals surface area contributed by atoms with Crippen LogP contribution in [0.1, 0.15) is 28.9 Å². The van der Waals surface area contributed by atoms with Crippen molar-refractivity contribution in [3.05, 3.63) is 48.2 Å². The van der Waals surface area contributed by atoms with E-state index in [0.717, 1.165) is 12.8 Å². The molecule has 1 saturated carbocycles. The molecule has 0 aromatic carbocycles. The number of pyridine rings is 1. The van der Waals surface area contributed by atoms with Gasteiger partial charge in [-0.1, -0.05) is 0 Å². The number of nitrogens with zero attached hydrogens (tertiary/aromatic N) is 3. The molecule has 0 spiro atoms. The summed E-state index contributed by atoms with van der Waals surface area (Å²) >= 11 is 0. The number of rotatable bonds is 5. The largest absolute Gasteiger partial charge is 0.476 e. The first-order valence-corrected chi connectivity index (χ1v) is 6.40. The van der Waals surface area contributed by atoms with Crippen LogP contribution in [0.25, 0.3) is 0 Å². The van der Waals surface area contributed by atoms with E-state index in [0.29, 0.717) is 12.4 Å². The minimum atomic E-state index is -1.07. The lowest BCUT2D eigenvalue weighted by Crippen LogP contribution is -2.21. The number of aromatic nitrogens is 3. The summed E-state index contributed by atoms with van der Waals surface area (Å²) in [5.74, 6) is -0.755.